The lowest BCUT2D eigenvalue weighted by Gasteiger charge is -2.38. The van der Waals surface area contributed by atoms with Crippen LogP contribution in [0, 0.1) is 0 Å². The largest absolute Gasteiger partial charge is 0.481 e. The molecule has 4 heteroatoms. The number of carbonyl (C=O) groups is 1. The molecule has 2 rings (SSSR count). The topological polar surface area (TPSA) is 46.5 Å². The molecule has 0 saturated heterocycles. The number of benzene rings is 1. The smallest absolute Gasteiger partial charge is 0.314 e. The van der Waals surface area contributed by atoms with E-state index in [9.17, 15) is 9.90 Å². The van der Waals surface area contributed by atoms with E-state index in [-0.39, 0.29) is 0 Å². The van der Waals surface area contributed by atoms with Crippen LogP contribution in [0.5, 0.6) is 0 Å². The molecule has 0 atom stereocenters. The number of hydrogen-bond acceptors (Lipinski definition) is 2. The van der Waals surface area contributed by atoms with Crippen molar-refractivity contribution >= 4 is 21.9 Å². The van der Waals surface area contributed by atoms with Crippen LogP contribution in [0.2, 0.25) is 0 Å². The van der Waals surface area contributed by atoms with Crippen LogP contribution in [-0.4, -0.2) is 18.2 Å². The van der Waals surface area contributed by atoms with Gasteiger partial charge in [-0.1, -0.05) is 34.5 Å². The Kier molecular flexibility index (Phi) is 3.54. The molecular weight excluding hydrogens is 284 g/mol. The van der Waals surface area contributed by atoms with Gasteiger partial charge in [-0.15, -0.1) is 0 Å². The second-order valence-electron chi connectivity index (χ2n) is 4.48. The van der Waals surface area contributed by atoms with Crippen LogP contribution in [-0.2, 0) is 21.6 Å². The molecule has 1 N–H and O–H groups in total. The summed E-state index contributed by atoms with van der Waals surface area (Å²) in [6.07, 6.45) is 2.46. The van der Waals surface area contributed by atoms with Crippen LogP contribution in [0.1, 0.15) is 30.4 Å². The van der Waals surface area contributed by atoms with Gasteiger partial charge in [-0.2, -0.15) is 0 Å². The van der Waals surface area contributed by atoms with Crippen LogP contribution >= 0.6 is 15.9 Å². The molecule has 1 aromatic rings. The minimum absolute atomic E-state index is 0.529. The second kappa shape index (κ2) is 4.78. The SMILES string of the molecule is COCc1ccc(C2(C(=O)O)CCC2)cc1Br. The van der Waals surface area contributed by atoms with Gasteiger partial charge in [0.2, 0.25) is 0 Å². The summed E-state index contributed by atoms with van der Waals surface area (Å²) in [6.45, 7) is 0.529. The monoisotopic (exact) mass is 298 g/mol. The number of carboxylic acids is 1. The van der Waals surface area contributed by atoms with Crippen molar-refractivity contribution in [2.24, 2.45) is 0 Å². The lowest BCUT2D eigenvalue weighted by Crippen LogP contribution is -2.42. The summed E-state index contributed by atoms with van der Waals surface area (Å²) in [5, 5.41) is 9.36. The third-order valence-electron chi connectivity index (χ3n) is 3.52. The quantitative estimate of drug-likeness (QED) is 0.929. The molecule has 17 heavy (non-hydrogen) atoms. The summed E-state index contributed by atoms with van der Waals surface area (Å²) in [5.74, 6) is -0.713. The molecule has 0 aliphatic heterocycles. The van der Waals surface area contributed by atoms with E-state index in [0.29, 0.717) is 6.61 Å². The zero-order chi connectivity index (χ0) is 12.5. The average Bonchev–Trinajstić information content (AvgIpc) is 2.20. The molecule has 0 radical (unpaired) electrons. The average molecular weight is 299 g/mol. The Labute approximate surface area is 109 Å². The van der Waals surface area contributed by atoms with Crippen molar-refractivity contribution < 1.29 is 14.6 Å². The van der Waals surface area contributed by atoms with Gasteiger partial charge in [0.05, 0.1) is 12.0 Å². The molecule has 92 valence electrons. The Morgan fingerprint density at radius 1 is 1.53 bits per heavy atom. The molecule has 1 aromatic carbocycles. The number of hydrogen-bond donors (Lipinski definition) is 1. The Bertz CT molecular complexity index is 438. The van der Waals surface area contributed by atoms with Gasteiger partial charge in [-0.05, 0) is 30.0 Å². The summed E-state index contributed by atoms with van der Waals surface area (Å²) in [5.41, 5.74) is 1.27. The van der Waals surface area contributed by atoms with Crippen molar-refractivity contribution in [3.05, 3.63) is 33.8 Å². The molecular formula is C13H15BrO3. The van der Waals surface area contributed by atoms with Crippen LogP contribution in [0.15, 0.2) is 22.7 Å². The molecule has 3 nitrogen and oxygen atoms in total. The Morgan fingerprint density at radius 3 is 2.65 bits per heavy atom. The maximum absolute atomic E-state index is 11.4. The molecule has 0 spiro atoms. The normalized spacial score (nSPS) is 17.5. The molecule has 1 aliphatic rings. The predicted octanol–water partition coefficient (Wildman–Crippen LogP) is 3.10. The van der Waals surface area contributed by atoms with Gasteiger partial charge in [-0.25, -0.2) is 0 Å². The third-order valence-corrected chi connectivity index (χ3v) is 4.26. The summed E-state index contributed by atoms with van der Waals surface area (Å²) in [6, 6.07) is 5.76. The lowest BCUT2D eigenvalue weighted by molar-refractivity contribution is -0.147. The van der Waals surface area contributed by atoms with Gasteiger partial charge in [0.15, 0.2) is 0 Å². The molecule has 0 unspecified atom stereocenters. The fourth-order valence-electron chi connectivity index (χ4n) is 2.27. The van der Waals surface area contributed by atoms with Crippen molar-refractivity contribution in [2.45, 2.75) is 31.3 Å². The van der Waals surface area contributed by atoms with Gasteiger partial charge in [0.1, 0.15) is 0 Å². The van der Waals surface area contributed by atoms with Gasteiger partial charge in [-0.3, -0.25) is 4.79 Å². The van der Waals surface area contributed by atoms with E-state index in [2.05, 4.69) is 15.9 Å². The van der Waals surface area contributed by atoms with Crippen LogP contribution < -0.4 is 0 Å². The number of methoxy groups -OCH3 is 1. The maximum Gasteiger partial charge on any atom is 0.314 e. The van der Waals surface area contributed by atoms with Crippen molar-refractivity contribution in [3.8, 4) is 0 Å². The summed E-state index contributed by atoms with van der Waals surface area (Å²) in [7, 11) is 1.64. The fourth-order valence-corrected chi connectivity index (χ4v) is 2.77. The summed E-state index contributed by atoms with van der Waals surface area (Å²) >= 11 is 3.47. The highest BCUT2D eigenvalue weighted by Gasteiger charge is 2.45. The Balaban J connectivity index is 2.34. The van der Waals surface area contributed by atoms with Crippen molar-refractivity contribution in [3.63, 3.8) is 0 Å². The summed E-state index contributed by atoms with van der Waals surface area (Å²) in [4.78, 5) is 11.4. The van der Waals surface area contributed by atoms with Gasteiger partial charge < -0.3 is 9.84 Å². The molecule has 0 bridgehead atoms. The number of ether oxygens (including phenoxy) is 1. The second-order valence-corrected chi connectivity index (χ2v) is 5.33. The van der Waals surface area contributed by atoms with E-state index < -0.39 is 11.4 Å². The lowest BCUT2D eigenvalue weighted by atomic mass is 9.64. The first-order valence-corrected chi connectivity index (χ1v) is 6.41. The number of rotatable bonds is 4. The highest BCUT2D eigenvalue weighted by Crippen LogP contribution is 2.44. The minimum Gasteiger partial charge on any atom is -0.481 e. The molecule has 1 saturated carbocycles. The maximum atomic E-state index is 11.4. The molecule has 1 fully saturated rings. The predicted molar refractivity (Wildman–Crippen MR) is 68.0 cm³/mol. The van der Waals surface area contributed by atoms with E-state index in [4.69, 9.17) is 4.74 Å². The standard InChI is InChI=1S/C13H15BrO3/c1-17-8-9-3-4-10(7-11(9)14)13(12(15)16)5-2-6-13/h3-4,7H,2,5-6,8H2,1H3,(H,15,16). The van der Waals surface area contributed by atoms with E-state index in [1.807, 2.05) is 18.2 Å². The van der Waals surface area contributed by atoms with Gasteiger partial charge in [0, 0.05) is 11.6 Å². The first-order chi connectivity index (χ1) is 8.10. The zero-order valence-electron chi connectivity index (χ0n) is 9.70. The Morgan fingerprint density at radius 2 is 2.24 bits per heavy atom. The fraction of sp³-hybridized carbons (Fsp3) is 0.462. The van der Waals surface area contributed by atoms with E-state index in [1.165, 1.54) is 0 Å². The Hall–Kier alpha value is -0.870. The van der Waals surface area contributed by atoms with Crippen molar-refractivity contribution in [1.29, 1.82) is 0 Å². The molecule has 0 aromatic heterocycles. The number of halogens is 1. The highest BCUT2D eigenvalue weighted by molar-refractivity contribution is 9.10. The van der Waals surface area contributed by atoms with Crippen LogP contribution in [0.3, 0.4) is 0 Å². The van der Waals surface area contributed by atoms with E-state index in [0.717, 1.165) is 34.9 Å². The third kappa shape index (κ3) is 2.11. The van der Waals surface area contributed by atoms with E-state index >= 15 is 0 Å². The first kappa shape index (κ1) is 12.6. The van der Waals surface area contributed by atoms with Crippen LogP contribution in [0.4, 0.5) is 0 Å². The van der Waals surface area contributed by atoms with Gasteiger partial charge in [0.25, 0.3) is 0 Å². The molecule has 0 amide bonds. The zero-order valence-corrected chi connectivity index (χ0v) is 11.3. The van der Waals surface area contributed by atoms with Gasteiger partial charge >= 0.3 is 5.97 Å². The molecule has 0 heterocycles. The summed E-state index contributed by atoms with van der Waals surface area (Å²) < 4.78 is 6.00. The molecule has 1 aliphatic carbocycles. The number of aliphatic carboxylic acids is 1. The minimum atomic E-state index is -0.713. The first-order valence-electron chi connectivity index (χ1n) is 5.61. The highest BCUT2D eigenvalue weighted by atomic mass is 79.9. The number of carboxylic acid groups (broad SMARTS) is 1. The van der Waals surface area contributed by atoms with E-state index in [1.54, 1.807) is 7.11 Å². The van der Waals surface area contributed by atoms with Crippen LogP contribution in [0.25, 0.3) is 0 Å². The van der Waals surface area contributed by atoms with Crippen molar-refractivity contribution in [1.82, 2.24) is 0 Å². The van der Waals surface area contributed by atoms with Crippen molar-refractivity contribution in [2.75, 3.05) is 7.11 Å².